The maximum atomic E-state index is 12.5. The molecule has 3 atom stereocenters. The molecule has 3 rings (SSSR count). The minimum Gasteiger partial charge on any atom is -0.455 e. The van der Waals surface area contributed by atoms with E-state index in [1.807, 2.05) is 0 Å². The average Bonchev–Trinajstić information content (AvgIpc) is 3.07. The van der Waals surface area contributed by atoms with Gasteiger partial charge in [0.05, 0.1) is 4.90 Å². The van der Waals surface area contributed by atoms with Gasteiger partial charge in [-0.3, -0.25) is 4.79 Å². The van der Waals surface area contributed by atoms with E-state index in [1.54, 1.807) is 0 Å². The summed E-state index contributed by atoms with van der Waals surface area (Å²) in [5, 5.41) is 3.50. The molecular weight excluding hydrogens is 386 g/mol. The maximum absolute atomic E-state index is 12.5. The molecule has 1 aromatic carbocycles. The number of amides is 1. The molecule has 0 aliphatic heterocycles. The topological polar surface area (TPSA) is 76.4 Å². The number of halogens is 1. The van der Waals surface area contributed by atoms with Crippen molar-refractivity contribution in [3.05, 3.63) is 52.9 Å². The Morgan fingerprint density at radius 1 is 1.15 bits per heavy atom. The van der Waals surface area contributed by atoms with Crippen LogP contribution in [0.4, 0.5) is 0 Å². The van der Waals surface area contributed by atoms with Gasteiger partial charge in [0.25, 0.3) is 5.91 Å². The molecule has 1 aliphatic rings. The SMILES string of the molecule is CC1CCCC(NC(=O)c2ccc(CS(=O)(=O)c3ccc(Cl)cc3)o2)C1C. The Morgan fingerprint density at radius 2 is 1.85 bits per heavy atom. The fraction of sp³-hybridized carbons (Fsp3) is 0.450. The monoisotopic (exact) mass is 409 g/mol. The summed E-state index contributed by atoms with van der Waals surface area (Å²) in [5.41, 5.74) is 0. The first-order chi connectivity index (χ1) is 12.8. The van der Waals surface area contributed by atoms with Gasteiger partial charge in [-0.25, -0.2) is 8.42 Å². The third kappa shape index (κ3) is 4.74. The number of rotatable bonds is 5. The Labute approximate surface area is 165 Å². The van der Waals surface area contributed by atoms with Gasteiger partial charge in [-0.1, -0.05) is 38.3 Å². The molecule has 0 radical (unpaired) electrons. The molecule has 146 valence electrons. The number of nitrogens with one attached hydrogen (secondary N) is 1. The zero-order valence-corrected chi connectivity index (χ0v) is 17.0. The molecular formula is C20H24ClNO4S. The lowest BCUT2D eigenvalue weighted by Crippen LogP contribution is -2.43. The van der Waals surface area contributed by atoms with Crippen molar-refractivity contribution in [2.45, 2.75) is 49.8 Å². The second kappa shape index (κ2) is 8.07. The summed E-state index contributed by atoms with van der Waals surface area (Å²) in [6.07, 6.45) is 3.23. The van der Waals surface area contributed by atoms with E-state index in [0.717, 1.165) is 12.8 Å². The Balaban J connectivity index is 1.67. The van der Waals surface area contributed by atoms with Crippen molar-refractivity contribution in [3.63, 3.8) is 0 Å². The number of benzene rings is 1. The molecule has 7 heteroatoms. The van der Waals surface area contributed by atoms with E-state index in [1.165, 1.54) is 42.8 Å². The van der Waals surface area contributed by atoms with Crippen molar-refractivity contribution in [1.29, 1.82) is 0 Å². The van der Waals surface area contributed by atoms with Crippen LogP contribution in [0.1, 0.15) is 49.4 Å². The van der Waals surface area contributed by atoms with Crippen molar-refractivity contribution in [2.24, 2.45) is 11.8 Å². The highest BCUT2D eigenvalue weighted by Gasteiger charge is 2.29. The third-order valence-corrected chi connectivity index (χ3v) is 7.32. The number of hydrogen-bond acceptors (Lipinski definition) is 4. The smallest absolute Gasteiger partial charge is 0.287 e. The van der Waals surface area contributed by atoms with Gasteiger partial charge in [-0.15, -0.1) is 0 Å². The highest BCUT2D eigenvalue weighted by atomic mass is 35.5. The molecule has 5 nitrogen and oxygen atoms in total. The first kappa shape index (κ1) is 20.0. The normalized spacial score (nSPS) is 23.1. The van der Waals surface area contributed by atoms with Crippen LogP contribution in [0.3, 0.4) is 0 Å². The molecule has 3 unspecified atom stereocenters. The summed E-state index contributed by atoms with van der Waals surface area (Å²) in [5.74, 6) is 0.750. The van der Waals surface area contributed by atoms with Gasteiger partial charge in [-0.2, -0.15) is 0 Å². The average molecular weight is 410 g/mol. The minimum absolute atomic E-state index is 0.118. The fourth-order valence-electron chi connectivity index (χ4n) is 3.52. The molecule has 1 amide bonds. The second-order valence-corrected chi connectivity index (χ2v) is 9.75. The fourth-order valence-corrected chi connectivity index (χ4v) is 4.89. The third-order valence-electron chi connectivity index (χ3n) is 5.41. The van der Waals surface area contributed by atoms with Crippen molar-refractivity contribution in [2.75, 3.05) is 0 Å². The largest absolute Gasteiger partial charge is 0.455 e. The molecule has 0 bridgehead atoms. The summed E-state index contributed by atoms with van der Waals surface area (Å²) >= 11 is 5.80. The lowest BCUT2D eigenvalue weighted by Gasteiger charge is -2.34. The number of carbonyl (C=O) groups excluding carboxylic acids is 1. The Bertz CT molecular complexity index is 904. The lowest BCUT2D eigenvalue weighted by molar-refractivity contribution is 0.0861. The zero-order chi connectivity index (χ0) is 19.6. The Kier molecular flexibility index (Phi) is 5.96. The van der Waals surface area contributed by atoms with Crippen LogP contribution in [-0.2, 0) is 15.6 Å². The molecule has 0 saturated heterocycles. The van der Waals surface area contributed by atoms with Crippen LogP contribution in [0.25, 0.3) is 0 Å². The standard InChI is InChI=1S/C20H24ClNO4S/c1-13-4-3-5-18(14(13)2)22-20(23)19-11-8-16(26-19)12-27(24,25)17-9-6-15(21)7-10-17/h6-11,13-14,18H,3-5,12H2,1-2H3,(H,22,23). The summed E-state index contributed by atoms with van der Waals surface area (Å²) in [6, 6.07) is 9.16. The quantitative estimate of drug-likeness (QED) is 0.790. The molecule has 1 aliphatic carbocycles. The van der Waals surface area contributed by atoms with E-state index in [-0.39, 0.29) is 34.1 Å². The Morgan fingerprint density at radius 3 is 2.56 bits per heavy atom. The van der Waals surface area contributed by atoms with Gasteiger partial charge in [0.1, 0.15) is 11.5 Å². The molecule has 0 spiro atoms. The summed E-state index contributed by atoms with van der Waals surface area (Å²) < 4.78 is 30.5. The lowest BCUT2D eigenvalue weighted by atomic mass is 9.78. The van der Waals surface area contributed by atoms with Gasteiger partial charge in [-0.05, 0) is 54.7 Å². The first-order valence-electron chi connectivity index (χ1n) is 9.14. The van der Waals surface area contributed by atoms with Crippen molar-refractivity contribution < 1.29 is 17.6 Å². The van der Waals surface area contributed by atoms with E-state index in [4.69, 9.17) is 16.0 Å². The van der Waals surface area contributed by atoms with Gasteiger partial charge in [0.15, 0.2) is 15.6 Å². The van der Waals surface area contributed by atoms with Gasteiger partial charge in [0.2, 0.25) is 0 Å². The van der Waals surface area contributed by atoms with Gasteiger partial charge >= 0.3 is 0 Å². The summed E-state index contributed by atoms with van der Waals surface area (Å²) in [7, 11) is -3.57. The number of furan rings is 1. The van der Waals surface area contributed by atoms with E-state index in [9.17, 15) is 13.2 Å². The predicted octanol–water partition coefficient (Wildman–Crippen LogP) is 4.46. The number of carbonyl (C=O) groups is 1. The van der Waals surface area contributed by atoms with Crippen molar-refractivity contribution in [3.8, 4) is 0 Å². The van der Waals surface area contributed by atoms with Gasteiger partial charge < -0.3 is 9.73 Å². The van der Waals surface area contributed by atoms with Crippen molar-refractivity contribution >= 4 is 27.3 Å². The predicted molar refractivity (Wildman–Crippen MR) is 104 cm³/mol. The number of hydrogen-bond donors (Lipinski definition) is 1. The van der Waals surface area contributed by atoms with Crippen LogP contribution < -0.4 is 5.32 Å². The molecule has 1 aromatic heterocycles. The summed E-state index contributed by atoms with van der Waals surface area (Å²) in [4.78, 5) is 12.6. The Hall–Kier alpha value is -1.79. The van der Waals surface area contributed by atoms with Crippen LogP contribution in [0.5, 0.6) is 0 Å². The van der Waals surface area contributed by atoms with Crippen LogP contribution in [0, 0.1) is 11.8 Å². The molecule has 27 heavy (non-hydrogen) atoms. The molecule has 1 heterocycles. The molecule has 2 aromatic rings. The molecule has 1 saturated carbocycles. The molecule has 1 N–H and O–H groups in total. The number of sulfone groups is 1. The summed E-state index contributed by atoms with van der Waals surface area (Å²) in [6.45, 7) is 4.36. The molecule has 1 fully saturated rings. The zero-order valence-electron chi connectivity index (χ0n) is 15.4. The van der Waals surface area contributed by atoms with Gasteiger partial charge in [0, 0.05) is 11.1 Å². The van der Waals surface area contributed by atoms with Crippen LogP contribution in [0.15, 0.2) is 45.7 Å². The second-order valence-electron chi connectivity index (χ2n) is 7.33. The minimum atomic E-state index is -3.57. The first-order valence-corrected chi connectivity index (χ1v) is 11.2. The highest BCUT2D eigenvalue weighted by molar-refractivity contribution is 7.90. The van der Waals surface area contributed by atoms with E-state index >= 15 is 0 Å². The maximum Gasteiger partial charge on any atom is 0.287 e. The highest BCUT2D eigenvalue weighted by Crippen LogP contribution is 2.29. The van der Waals surface area contributed by atoms with Crippen LogP contribution in [0.2, 0.25) is 5.02 Å². The van der Waals surface area contributed by atoms with Crippen molar-refractivity contribution in [1.82, 2.24) is 5.32 Å². The van der Waals surface area contributed by atoms with Crippen LogP contribution >= 0.6 is 11.6 Å². The van der Waals surface area contributed by atoms with E-state index < -0.39 is 9.84 Å². The van der Waals surface area contributed by atoms with E-state index in [0.29, 0.717) is 16.9 Å². The van der Waals surface area contributed by atoms with E-state index in [2.05, 4.69) is 19.2 Å². The van der Waals surface area contributed by atoms with Crippen LogP contribution in [-0.4, -0.2) is 20.4 Å².